The average Bonchev–Trinajstić information content (AvgIpc) is 2.56. The second kappa shape index (κ2) is 6.78. The summed E-state index contributed by atoms with van der Waals surface area (Å²) in [7, 11) is -3.50. The van der Waals surface area contributed by atoms with Crippen LogP contribution < -0.4 is 0 Å². The molecule has 1 aliphatic heterocycles. The van der Waals surface area contributed by atoms with E-state index in [1.54, 1.807) is 22.5 Å². The molecule has 0 amide bonds. The maximum absolute atomic E-state index is 13.0. The molecule has 1 aromatic carbocycles. The monoisotopic (exact) mass is 365 g/mol. The van der Waals surface area contributed by atoms with Crippen LogP contribution >= 0.6 is 11.6 Å². The Labute approximate surface area is 147 Å². The predicted molar refractivity (Wildman–Crippen MR) is 94.4 cm³/mol. The Hall–Kier alpha value is -1.50. The van der Waals surface area contributed by atoms with Gasteiger partial charge in [0.05, 0.1) is 10.6 Å². The lowest BCUT2D eigenvalue weighted by atomic mass is 10.0. The number of halogens is 1. The van der Waals surface area contributed by atoms with Crippen LogP contribution in [0.3, 0.4) is 0 Å². The number of hydrogen-bond donors (Lipinski definition) is 0. The highest BCUT2D eigenvalue weighted by Gasteiger charge is 2.29. The number of aryl methyl sites for hydroxylation is 1. The van der Waals surface area contributed by atoms with Gasteiger partial charge in [0.15, 0.2) is 5.15 Å². The molecule has 0 radical (unpaired) electrons. The molecule has 1 aliphatic rings. The molecule has 1 fully saturated rings. The highest BCUT2D eigenvalue weighted by molar-refractivity contribution is 7.89. The summed E-state index contributed by atoms with van der Waals surface area (Å²) in [6.07, 6.45) is 1.81. The molecular formula is C17H20ClN3O2S. The fraction of sp³-hybridized carbons (Fsp3) is 0.412. The predicted octanol–water partition coefficient (Wildman–Crippen LogP) is 3.53. The Morgan fingerprint density at radius 2 is 1.83 bits per heavy atom. The number of rotatable bonds is 3. The van der Waals surface area contributed by atoms with Gasteiger partial charge in [-0.25, -0.2) is 8.42 Å². The Kier molecular flexibility index (Phi) is 4.90. The first kappa shape index (κ1) is 17.3. The molecule has 0 aliphatic carbocycles. The zero-order valence-corrected chi connectivity index (χ0v) is 15.3. The molecule has 7 heteroatoms. The minimum Gasteiger partial charge on any atom is -0.207 e. The van der Waals surface area contributed by atoms with E-state index < -0.39 is 10.0 Å². The van der Waals surface area contributed by atoms with Gasteiger partial charge in [-0.05, 0) is 49.4 Å². The maximum Gasteiger partial charge on any atom is 0.243 e. The molecule has 2 heterocycles. The summed E-state index contributed by atoms with van der Waals surface area (Å²) in [6, 6.07) is 8.72. The molecule has 0 unspecified atom stereocenters. The van der Waals surface area contributed by atoms with Crippen LogP contribution in [-0.2, 0) is 10.0 Å². The SMILES string of the molecule is Cc1ccc(-c2ccc(Cl)nn2)cc1S(=O)(=O)N1CCC(C)CC1. The van der Waals surface area contributed by atoms with Crippen LogP contribution in [0.4, 0.5) is 0 Å². The number of hydrogen-bond acceptors (Lipinski definition) is 4. The average molecular weight is 366 g/mol. The van der Waals surface area contributed by atoms with Crippen LogP contribution in [0, 0.1) is 12.8 Å². The third-order valence-electron chi connectivity index (χ3n) is 4.48. The summed E-state index contributed by atoms with van der Waals surface area (Å²) in [6.45, 7) is 5.13. The van der Waals surface area contributed by atoms with Crippen molar-refractivity contribution >= 4 is 21.6 Å². The zero-order chi connectivity index (χ0) is 17.3. The van der Waals surface area contributed by atoms with E-state index in [9.17, 15) is 8.42 Å². The number of aromatic nitrogens is 2. The summed E-state index contributed by atoms with van der Waals surface area (Å²) >= 11 is 5.77. The fourth-order valence-corrected chi connectivity index (χ4v) is 4.69. The van der Waals surface area contributed by atoms with Crippen molar-refractivity contribution in [3.8, 4) is 11.3 Å². The van der Waals surface area contributed by atoms with Gasteiger partial charge in [-0.1, -0.05) is 30.7 Å². The Balaban J connectivity index is 1.98. The van der Waals surface area contributed by atoms with Crippen molar-refractivity contribution < 1.29 is 8.42 Å². The third-order valence-corrected chi connectivity index (χ3v) is 6.72. The lowest BCUT2D eigenvalue weighted by molar-refractivity contribution is 0.288. The fourth-order valence-electron chi connectivity index (χ4n) is 2.87. The van der Waals surface area contributed by atoms with Crippen LogP contribution in [0.5, 0.6) is 0 Å². The van der Waals surface area contributed by atoms with Crippen molar-refractivity contribution in [2.75, 3.05) is 13.1 Å². The molecule has 24 heavy (non-hydrogen) atoms. The van der Waals surface area contributed by atoms with Gasteiger partial charge in [-0.3, -0.25) is 0 Å². The van der Waals surface area contributed by atoms with E-state index in [1.165, 1.54) is 0 Å². The Morgan fingerprint density at radius 3 is 2.46 bits per heavy atom. The van der Waals surface area contributed by atoms with E-state index in [2.05, 4.69) is 17.1 Å². The van der Waals surface area contributed by atoms with Crippen LogP contribution in [0.15, 0.2) is 35.2 Å². The summed E-state index contributed by atoms with van der Waals surface area (Å²) in [5.74, 6) is 0.577. The lowest BCUT2D eigenvalue weighted by Gasteiger charge is -2.30. The number of piperidine rings is 1. The largest absolute Gasteiger partial charge is 0.243 e. The molecule has 5 nitrogen and oxygen atoms in total. The highest BCUT2D eigenvalue weighted by atomic mass is 35.5. The highest BCUT2D eigenvalue weighted by Crippen LogP contribution is 2.28. The Morgan fingerprint density at radius 1 is 1.12 bits per heavy atom. The first-order chi connectivity index (χ1) is 11.4. The van der Waals surface area contributed by atoms with Crippen LogP contribution in [0.25, 0.3) is 11.3 Å². The van der Waals surface area contributed by atoms with Crippen molar-refractivity contribution in [2.45, 2.75) is 31.6 Å². The second-order valence-electron chi connectivity index (χ2n) is 6.31. The minimum atomic E-state index is -3.50. The van der Waals surface area contributed by atoms with Crippen molar-refractivity contribution in [1.29, 1.82) is 0 Å². The van der Waals surface area contributed by atoms with E-state index >= 15 is 0 Å². The van der Waals surface area contributed by atoms with E-state index in [0.29, 0.717) is 40.3 Å². The van der Waals surface area contributed by atoms with Gasteiger partial charge < -0.3 is 0 Å². The van der Waals surface area contributed by atoms with Gasteiger partial charge in [-0.15, -0.1) is 10.2 Å². The summed E-state index contributed by atoms with van der Waals surface area (Å²) in [5, 5.41) is 8.16. The van der Waals surface area contributed by atoms with Crippen LogP contribution in [-0.4, -0.2) is 36.0 Å². The van der Waals surface area contributed by atoms with Crippen LogP contribution in [0.2, 0.25) is 5.15 Å². The van der Waals surface area contributed by atoms with Gasteiger partial charge in [0.25, 0.3) is 0 Å². The van der Waals surface area contributed by atoms with E-state index in [0.717, 1.165) is 18.4 Å². The maximum atomic E-state index is 13.0. The molecule has 0 bridgehead atoms. The molecular weight excluding hydrogens is 346 g/mol. The quantitative estimate of drug-likeness (QED) is 0.834. The molecule has 0 spiro atoms. The minimum absolute atomic E-state index is 0.307. The van der Waals surface area contributed by atoms with Crippen molar-refractivity contribution in [1.82, 2.24) is 14.5 Å². The standard InChI is InChI=1S/C17H20ClN3O2S/c1-12-7-9-21(10-8-12)24(22,23)16-11-14(4-3-13(16)2)15-5-6-17(18)20-19-15/h3-6,11-12H,7-10H2,1-2H3. The van der Waals surface area contributed by atoms with Gasteiger partial charge >= 0.3 is 0 Å². The van der Waals surface area contributed by atoms with Gasteiger partial charge in [-0.2, -0.15) is 4.31 Å². The number of sulfonamides is 1. The Bertz CT molecular complexity index is 829. The zero-order valence-electron chi connectivity index (χ0n) is 13.7. The van der Waals surface area contributed by atoms with E-state index in [4.69, 9.17) is 11.6 Å². The molecule has 3 rings (SSSR count). The second-order valence-corrected chi connectivity index (χ2v) is 8.60. The third kappa shape index (κ3) is 3.45. The van der Waals surface area contributed by atoms with Gasteiger partial charge in [0.2, 0.25) is 10.0 Å². The van der Waals surface area contributed by atoms with Crippen LogP contribution in [0.1, 0.15) is 25.3 Å². The first-order valence-corrected chi connectivity index (χ1v) is 9.80. The summed E-state index contributed by atoms with van der Waals surface area (Å²) in [4.78, 5) is 0.339. The van der Waals surface area contributed by atoms with E-state index in [-0.39, 0.29) is 0 Å². The van der Waals surface area contributed by atoms with Crippen molar-refractivity contribution in [3.05, 3.63) is 41.0 Å². The molecule has 128 valence electrons. The van der Waals surface area contributed by atoms with Gasteiger partial charge in [0.1, 0.15) is 0 Å². The van der Waals surface area contributed by atoms with Crippen molar-refractivity contribution in [3.63, 3.8) is 0 Å². The van der Waals surface area contributed by atoms with Crippen molar-refractivity contribution in [2.24, 2.45) is 5.92 Å². The normalized spacial score (nSPS) is 17.1. The summed E-state index contributed by atoms with van der Waals surface area (Å²) in [5.41, 5.74) is 2.05. The molecule has 0 saturated carbocycles. The molecule has 0 N–H and O–H groups in total. The summed E-state index contributed by atoms with van der Waals surface area (Å²) < 4.78 is 27.6. The smallest absolute Gasteiger partial charge is 0.207 e. The molecule has 0 atom stereocenters. The van der Waals surface area contributed by atoms with Gasteiger partial charge in [0, 0.05) is 18.7 Å². The molecule has 1 saturated heterocycles. The van der Waals surface area contributed by atoms with E-state index in [1.807, 2.05) is 19.1 Å². The molecule has 2 aromatic rings. The lowest BCUT2D eigenvalue weighted by Crippen LogP contribution is -2.38. The number of benzene rings is 1. The number of nitrogens with zero attached hydrogens (tertiary/aromatic N) is 3. The molecule has 1 aromatic heterocycles. The first-order valence-electron chi connectivity index (χ1n) is 7.98. The topological polar surface area (TPSA) is 63.2 Å².